The minimum Gasteiger partial charge on any atom is -0.342 e. The number of carbonyl (C=O) groups is 1. The third-order valence-electron chi connectivity index (χ3n) is 2.21. The van der Waals surface area contributed by atoms with Gasteiger partial charge in [-0.05, 0) is 6.42 Å². The summed E-state index contributed by atoms with van der Waals surface area (Å²) in [7, 11) is 1.81. The number of nitrogens with zero attached hydrogens (tertiary/aromatic N) is 1. The predicted molar refractivity (Wildman–Crippen MR) is 51.9 cm³/mol. The monoisotopic (exact) mass is 169 g/mol. The van der Waals surface area contributed by atoms with E-state index in [4.69, 9.17) is 0 Å². The maximum absolute atomic E-state index is 11.7. The van der Waals surface area contributed by atoms with Crippen molar-refractivity contribution in [2.45, 2.75) is 27.2 Å². The van der Waals surface area contributed by atoms with Crippen LogP contribution >= 0.6 is 0 Å². The Labute approximate surface area is 75.3 Å². The summed E-state index contributed by atoms with van der Waals surface area (Å²) in [6, 6.07) is 0. The van der Waals surface area contributed by atoms with Gasteiger partial charge < -0.3 is 4.90 Å². The van der Waals surface area contributed by atoms with E-state index < -0.39 is 0 Å². The molecule has 0 aliphatic rings. The van der Waals surface area contributed by atoms with Crippen molar-refractivity contribution in [3.63, 3.8) is 0 Å². The molecule has 1 amide bonds. The molecule has 0 aromatic carbocycles. The molecule has 0 atom stereocenters. The van der Waals surface area contributed by atoms with E-state index in [1.54, 1.807) is 18.0 Å². The van der Waals surface area contributed by atoms with Crippen molar-refractivity contribution in [3.05, 3.63) is 12.7 Å². The standard InChI is InChI=1S/C10H19NO/c1-6-8-11(5)9(12)10(3,4)7-2/h6H,1,7-8H2,2-5H3. The molecule has 0 aromatic rings. The topological polar surface area (TPSA) is 20.3 Å². The summed E-state index contributed by atoms with van der Waals surface area (Å²) in [6.45, 7) is 10.2. The van der Waals surface area contributed by atoms with Gasteiger partial charge in [0.1, 0.15) is 0 Å². The summed E-state index contributed by atoms with van der Waals surface area (Å²) in [4.78, 5) is 13.4. The van der Waals surface area contributed by atoms with E-state index in [0.29, 0.717) is 6.54 Å². The van der Waals surface area contributed by atoms with Gasteiger partial charge in [0.05, 0.1) is 0 Å². The molecule has 0 aromatic heterocycles. The third kappa shape index (κ3) is 2.68. The maximum Gasteiger partial charge on any atom is 0.228 e. The highest BCUT2D eigenvalue weighted by molar-refractivity contribution is 5.81. The first-order chi connectivity index (χ1) is 5.45. The van der Waals surface area contributed by atoms with E-state index in [1.807, 2.05) is 20.8 Å². The first kappa shape index (κ1) is 11.2. The molecular weight excluding hydrogens is 150 g/mol. The molecule has 0 aliphatic heterocycles. The van der Waals surface area contributed by atoms with Crippen molar-refractivity contribution in [1.29, 1.82) is 0 Å². The zero-order chi connectivity index (χ0) is 9.78. The molecule has 0 rings (SSSR count). The minimum absolute atomic E-state index is 0.185. The molecule has 0 heterocycles. The van der Waals surface area contributed by atoms with Crippen LogP contribution in [0, 0.1) is 5.41 Å². The molecule has 0 fully saturated rings. The van der Waals surface area contributed by atoms with Gasteiger partial charge in [-0.3, -0.25) is 4.79 Å². The van der Waals surface area contributed by atoms with Crippen molar-refractivity contribution >= 4 is 5.91 Å². The molecule has 0 spiro atoms. The van der Waals surface area contributed by atoms with Crippen LogP contribution in [0.2, 0.25) is 0 Å². The number of hydrogen-bond donors (Lipinski definition) is 0. The summed E-state index contributed by atoms with van der Waals surface area (Å²) in [6.07, 6.45) is 2.61. The molecule has 0 saturated carbocycles. The summed E-state index contributed by atoms with van der Waals surface area (Å²) in [5, 5.41) is 0. The minimum atomic E-state index is -0.238. The van der Waals surface area contributed by atoms with Crippen LogP contribution in [0.25, 0.3) is 0 Å². The maximum atomic E-state index is 11.7. The number of amides is 1. The Morgan fingerprint density at radius 3 is 2.42 bits per heavy atom. The Morgan fingerprint density at radius 1 is 1.58 bits per heavy atom. The highest BCUT2D eigenvalue weighted by atomic mass is 16.2. The zero-order valence-corrected chi connectivity index (χ0v) is 8.55. The predicted octanol–water partition coefficient (Wildman–Crippen LogP) is 2.07. The Morgan fingerprint density at radius 2 is 2.08 bits per heavy atom. The van der Waals surface area contributed by atoms with Gasteiger partial charge in [-0.2, -0.15) is 0 Å². The second-order valence-electron chi connectivity index (χ2n) is 3.71. The summed E-state index contributed by atoms with van der Waals surface area (Å²) in [5.74, 6) is 0.185. The lowest BCUT2D eigenvalue weighted by atomic mass is 9.89. The average molecular weight is 169 g/mol. The first-order valence-electron chi connectivity index (χ1n) is 4.32. The molecule has 0 saturated heterocycles. The lowest BCUT2D eigenvalue weighted by molar-refractivity contribution is -0.138. The first-order valence-corrected chi connectivity index (χ1v) is 4.32. The smallest absolute Gasteiger partial charge is 0.228 e. The van der Waals surface area contributed by atoms with Gasteiger partial charge in [0.2, 0.25) is 5.91 Å². The van der Waals surface area contributed by atoms with Gasteiger partial charge in [0.25, 0.3) is 0 Å². The van der Waals surface area contributed by atoms with Crippen molar-refractivity contribution in [1.82, 2.24) is 4.90 Å². The van der Waals surface area contributed by atoms with Crippen LogP contribution in [0.3, 0.4) is 0 Å². The summed E-state index contributed by atoms with van der Waals surface area (Å²) >= 11 is 0. The molecule has 0 N–H and O–H groups in total. The molecular formula is C10H19NO. The third-order valence-corrected chi connectivity index (χ3v) is 2.21. The normalized spacial score (nSPS) is 11.0. The quantitative estimate of drug-likeness (QED) is 0.590. The van der Waals surface area contributed by atoms with Gasteiger partial charge in [-0.25, -0.2) is 0 Å². The molecule has 12 heavy (non-hydrogen) atoms. The lowest BCUT2D eigenvalue weighted by Gasteiger charge is -2.27. The van der Waals surface area contributed by atoms with Gasteiger partial charge in [0.15, 0.2) is 0 Å². The molecule has 0 bridgehead atoms. The van der Waals surface area contributed by atoms with E-state index >= 15 is 0 Å². The second kappa shape index (κ2) is 4.29. The van der Waals surface area contributed by atoms with Crippen LogP contribution in [-0.4, -0.2) is 24.4 Å². The van der Waals surface area contributed by atoms with E-state index in [2.05, 4.69) is 6.58 Å². The van der Waals surface area contributed by atoms with Gasteiger partial charge in [0, 0.05) is 19.0 Å². The fourth-order valence-electron chi connectivity index (χ4n) is 0.944. The SMILES string of the molecule is C=CCN(C)C(=O)C(C)(C)CC. The number of hydrogen-bond acceptors (Lipinski definition) is 1. The van der Waals surface area contributed by atoms with Gasteiger partial charge in [-0.1, -0.05) is 26.8 Å². The molecule has 0 aliphatic carbocycles. The summed E-state index contributed by atoms with van der Waals surface area (Å²) < 4.78 is 0. The van der Waals surface area contributed by atoms with Crippen molar-refractivity contribution < 1.29 is 4.79 Å². The van der Waals surface area contributed by atoms with E-state index in [0.717, 1.165) is 6.42 Å². The highest BCUT2D eigenvalue weighted by Gasteiger charge is 2.27. The molecule has 2 heteroatoms. The fourth-order valence-corrected chi connectivity index (χ4v) is 0.944. The molecule has 70 valence electrons. The zero-order valence-electron chi connectivity index (χ0n) is 8.55. The van der Waals surface area contributed by atoms with Crippen LogP contribution < -0.4 is 0 Å². The number of rotatable bonds is 4. The van der Waals surface area contributed by atoms with Gasteiger partial charge in [-0.15, -0.1) is 6.58 Å². The van der Waals surface area contributed by atoms with Crippen LogP contribution in [0.5, 0.6) is 0 Å². The Kier molecular flexibility index (Phi) is 4.01. The van der Waals surface area contributed by atoms with E-state index in [-0.39, 0.29) is 11.3 Å². The van der Waals surface area contributed by atoms with Crippen molar-refractivity contribution in [2.75, 3.05) is 13.6 Å². The lowest BCUT2D eigenvalue weighted by Crippen LogP contribution is -2.38. The molecule has 0 unspecified atom stereocenters. The summed E-state index contributed by atoms with van der Waals surface area (Å²) in [5.41, 5.74) is -0.238. The van der Waals surface area contributed by atoms with Crippen molar-refractivity contribution in [2.24, 2.45) is 5.41 Å². The fraction of sp³-hybridized carbons (Fsp3) is 0.700. The van der Waals surface area contributed by atoms with Crippen LogP contribution in [0.4, 0.5) is 0 Å². The number of likely N-dealkylation sites (N-methyl/N-ethyl adjacent to an activating group) is 1. The van der Waals surface area contributed by atoms with Crippen molar-refractivity contribution in [3.8, 4) is 0 Å². The Bertz CT molecular complexity index is 173. The highest BCUT2D eigenvalue weighted by Crippen LogP contribution is 2.21. The molecule has 2 nitrogen and oxygen atoms in total. The Hall–Kier alpha value is -0.790. The van der Waals surface area contributed by atoms with Crippen LogP contribution in [0.15, 0.2) is 12.7 Å². The van der Waals surface area contributed by atoms with Gasteiger partial charge >= 0.3 is 0 Å². The van der Waals surface area contributed by atoms with Crippen LogP contribution in [-0.2, 0) is 4.79 Å². The number of carbonyl (C=O) groups excluding carboxylic acids is 1. The Balaban J connectivity index is 4.27. The van der Waals surface area contributed by atoms with E-state index in [9.17, 15) is 4.79 Å². The van der Waals surface area contributed by atoms with Crippen LogP contribution in [0.1, 0.15) is 27.2 Å². The molecule has 0 radical (unpaired) electrons. The van der Waals surface area contributed by atoms with E-state index in [1.165, 1.54) is 0 Å². The largest absolute Gasteiger partial charge is 0.342 e. The average Bonchev–Trinajstić information content (AvgIpc) is 2.03. The second-order valence-corrected chi connectivity index (χ2v) is 3.71.